The molecular weight excluding hydrogens is 112 g/mol. The van der Waals surface area contributed by atoms with Gasteiger partial charge >= 0.3 is 0 Å². The van der Waals surface area contributed by atoms with E-state index >= 15 is 0 Å². The van der Waals surface area contributed by atoms with Gasteiger partial charge in [0.2, 0.25) is 0 Å². The van der Waals surface area contributed by atoms with Crippen molar-refractivity contribution in [1.82, 2.24) is 0 Å². The molecule has 0 fully saturated rings. The van der Waals surface area contributed by atoms with Gasteiger partial charge in [-0.05, 0) is 13.8 Å². The van der Waals surface area contributed by atoms with E-state index in [1.165, 1.54) is 0 Å². The molecule has 0 N–H and O–H groups in total. The molecule has 0 heterocycles. The number of carbonyl (C=O) groups is 1. The first-order valence-electron chi connectivity index (χ1n) is 3.04. The Morgan fingerprint density at radius 3 is 2.56 bits per heavy atom. The van der Waals surface area contributed by atoms with Crippen LogP contribution in [0.4, 0.5) is 0 Å². The average molecular weight is 124 g/mol. The molecule has 9 heavy (non-hydrogen) atoms. The number of rotatable bonds is 3. The van der Waals surface area contributed by atoms with Gasteiger partial charge in [-0.15, -0.1) is 0 Å². The van der Waals surface area contributed by atoms with Crippen LogP contribution in [0.15, 0.2) is 24.3 Å². The Bertz CT molecular complexity index is 132. The molecule has 1 heteroatoms. The van der Waals surface area contributed by atoms with Crippen molar-refractivity contribution >= 4 is 5.78 Å². The summed E-state index contributed by atoms with van der Waals surface area (Å²) in [5.41, 5.74) is 0. The summed E-state index contributed by atoms with van der Waals surface area (Å²) in [7, 11) is 0. The number of allylic oxidation sites excluding steroid dienone is 4. The Labute approximate surface area is 56.1 Å². The normalized spacial score (nSPS) is 11.3. The summed E-state index contributed by atoms with van der Waals surface area (Å²) >= 11 is 0. The zero-order valence-corrected chi connectivity index (χ0v) is 5.92. The van der Waals surface area contributed by atoms with Gasteiger partial charge in [0.15, 0.2) is 0 Å². The maximum absolute atomic E-state index is 10.3. The zero-order chi connectivity index (χ0) is 7.11. The lowest BCUT2D eigenvalue weighted by Gasteiger charge is -1.79. The van der Waals surface area contributed by atoms with Crippen LogP contribution in [0.3, 0.4) is 0 Å². The Morgan fingerprint density at radius 2 is 2.11 bits per heavy atom. The molecule has 0 rings (SSSR count). The largest absolute Gasteiger partial charge is 0.300 e. The van der Waals surface area contributed by atoms with Crippen LogP contribution in [0.25, 0.3) is 0 Å². The molecule has 0 atom stereocenters. The Morgan fingerprint density at radius 1 is 1.44 bits per heavy atom. The molecule has 0 spiro atoms. The van der Waals surface area contributed by atoms with Crippen molar-refractivity contribution < 1.29 is 4.79 Å². The number of carbonyl (C=O) groups excluding carboxylic acids is 1. The van der Waals surface area contributed by atoms with Gasteiger partial charge in [0.25, 0.3) is 0 Å². The van der Waals surface area contributed by atoms with Crippen molar-refractivity contribution in [3.05, 3.63) is 24.3 Å². The van der Waals surface area contributed by atoms with Gasteiger partial charge in [-0.1, -0.05) is 24.3 Å². The predicted octanol–water partition coefficient (Wildman–Crippen LogP) is 2.10. The first-order chi connectivity index (χ1) is 4.27. The molecule has 0 radical (unpaired) electrons. The fourth-order valence-electron chi connectivity index (χ4n) is 0.424. The van der Waals surface area contributed by atoms with Gasteiger partial charge in [0.1, 0.15) is 5.78 Å². The molecule has 0 aromatic heterocycles. The van der Waals surface area contributed by atoms with Crippen molar-refractivity contribution in [1.29, 1.82) is 0 Å². The first-order valence-corrected chi connectivity index (χ1v) is 3.04. The second-order valence-electron chi connectivity index (χ2n) is 1.86. The third-order valence-corrected chi connectivity index (χ3v) is 0.845. The highest BCUT2D eigenvalue weighted by atomic mass is 16.1. The van der Waals surface area contributed by atoms with Crippen LogP contribution in [0.1, 0.15) is 20.3 Å². The van der Waals surface area contributed by atoms with Gasteiger partial charge < -0.3 is 0 Å². The van der Waals surface area contributed by atoms with Gasteiger partial charge in [-0.2, -0.15) is 0 Å². The Kier molecular flexibility index (Phi) is 4.79. The quantitative estimate of drug-likeness (QED) is 0.526. The van der Waals surface area contributed by atoms with Crippen molar-refractivity contribution in [2.24, 2.45) is 0 Å². The summed E-state index contributed by atoms with van der Waals surface area (Å²) in [6.45, 7) is 3.53. The van der Waals surface area contributed by atoms with E-state index < -0.39 is 0 Å². The third-order valence-electron chi connectivity index (χ3n) is 0.845. The van der Waals surface area contributed by atoms with Crippen LogP contribution in [0.2, 0.25) is 0 Å². The zero-order valence-electron chi connectivity index (χ0n) is 5.92. The summed E-state index contributed by atoms with van der Waals surface area (Å²) in [5, 5.41) is 0. The average Bonchev–Trinajstić information content (AvgIpc) is 1.80. The monoisotopic (exact) mass is 124 g/mol. The molecule has 0 aliphatic carbocycles. The molecule has 0 unspecified atom stereocenters. The maximum atomic E-state index is 10.3. The van der Waals surface area contributed by atoms with E-state index in [2.05, 4.69) is 0 Å². The van der Waals surface area contributed by atoms with E-state index in [1.807, 2.05) is 31.2 Å². The van der Waals surface area contributed by atoms with E-state index in [-0.39, 0.29) is 5.78 Å². The highest BCUT2D eigenvalue weighted by Crippen LogP contribution is 1.84. The Balaban J connectivity index is 3.36. The number of ketones is 1. The minimum atomic E-state index is 0.204. The molecule has 1 nitrogen and oxygen atoms in total. The summed E-state index contributed by atoms with van der Waals surface area (Å²) in [6.07, 6.45) is 8.10. The molecule has 0 aliphatic heterocycles. The highest BCUT2D eigenvalue weighted by Gasteiger charge is 1.82. The van der Waals surface area contributed by atoms with Crippen LogP contribution in [0.5, 0.6) is 0 Å². The topological polar surface area (TPSA) is 17.1 Å². The van der Waals surface area contributed by atoms with Gasteiger partial charge in [-0.3, -0.25) is 4.79 Å². The molecule has 0 aromatic rings. The lowest BCUT2D eigenvalue weighted by molar-refractivity contribution is -0.116. The van der Waals surface area contributed by atoms with Gasteiger partial charge in [0, 0.05) is 6.42 Å². The summed E-state index contributed by atoms with van der Waals surface area (Å²) < 4.78 is 0. The number of hydrogen-bond donors (Lipinski definition) is 0. The lowest BCUT2D eigenvalue weighted by Crippen LogP contribution is -1.82. The first kappa shape index (κ1) is 8.15. The van der Waals surface area contributed by atoms with Crippen LogP contribution in [0, 0.1) is 0 Å². The standard InChI is InChI=1S/C8H12O/c1-3-4-5-6-7-8(2)9/h3-6H,7H2,1-2H3/b4-3-,6-5+. The second kappa shape index (κ2) is 5.29. The van der Waals surface area contributed by atoms with E-state index in [4.69, 9.17) is 0 Å². The fourth-order valence-corrected chi connectivity index (χ4v) is 0.424. The minimum absolute atomic E-state index is 0.204. The third kappa shape index (κ3) is 7.15. The summed E-state index contributed by atoms with van der Waals surface area (Å²) in [6, 6.07) is 0. The summed E-state index contributed by atoms with van der Waals surface area (Å²) in [5.74, 6) is 0.204. The molecule has 0 amide bonds. The SMILES string of the molecule is C/C=C\C=C\CC(C)=O. The fraction of sp³-hybridized carbons (Fsp3) is 0.375. The van der Waals surface area contributed by atoms with E-state index in [0.717, 1.165) is 0 Å². The van der Waals surface area contributed by atoms with E-state index in [9.17, 15) is 4.79 Å². The molecule has 50 valence electrons. The molecule has 0 bridgehead atoms. The van der Waals surface area contributed by atoms with Crippen LogP contribution in [-0.2, 0) is 4.79 Å². The van der Waals surface area contributed by atoms with E-state index in [0.29, 0.717) is 6.42 Å². The maximum Gasteiger partial charge on any atom is 0.133 e. The van der Waals surface area contributed by atoms with Crippen molar-refractivity contribution in [3.63, 3.8) is 0 Å². The molecule has 0 saturated carbocycles. The molecule has 0 aliphatic rings. The highest BCUT2D eigenvalue weighted by molar-refractivity contribution is 5.76. The van der Waals surface area contributed by atoms with Crippen molar-refractivity contribution in [2.75, 3.05) is 0 Å². The van der Waals surface area contributed by atoms with Gasteiger partial charge in [0.05, 0.1) is 0 Å². The number of hydrogen-bond acceptors (Lipinski definition) is 1. The molecular formula is C8H12O. The minimum Gasteiger partial charge on any atom is -0.300 e. The second-order valence-corrected chi connectivity index (χ2v) is 1.86. The summed E-state index contributed by atoms with van der Waals surface area (Å²) in [4.78, 5) is 10.3. The lowest BCUT2D eigenvalue weighted by atomic mass is 10.3. The molecule has 0 saturated heterocycles. The predicted molar refractivity (Wildman–Crippen MR) is 39.3 cm³/mol. The van der Waals surface area contributed by atoms with Crippen LogP contribution < -0.4 is 0 Å². The van der Waals surface area contributed by atoms with Crippen LogP contribution in [-0.4, -0.2) is 5.78 Å². The van der Waals surface area contributed by atoms with Crippen molar-refractivity contribution in [3.8, 4) is 0 Å². The molecule has 0 aromatic carbocycles. The Hall–Kier alpha value is -0.850. The van der Waals surface area contributed by atoms with E-state index in [1.54, 1.807) is 6.92 Å². The van der Waals surface area contributed by atoms with Crippen molar-refractivity contribution in [2.45, 2.75) is 20.3 Å². The van der Waals surface area contributed by atoms with Gasteiger partial charge in [-0.25, -0.2) is 0 Å². The smallest absolute Gasteiger partial charge is 0.133 e. The number of Topliss-reactive ketones (excluding diaryl/α,β-unsaturated/α-hetero) is 1. The van der Waals surface area contributed by atoms with Crippen LogP contribution >= 0.6 is 0 Å².